The summed E-state index contributed by atoms with van der Waals surface area (Å²) < 4.78 is 5.38. The molecule has 124 valence electrons. The van der Waals surface area contributed by atoms with Gasteiger partial charge in [-0.05, 0) is 24.5 Å². The quantitative estimate of drug-likeness (QED) is 0.619. The number of nitrogens with zero attached hydrogens (tertiary/aromatic N) is 2. The van der Waals surface area contributed by atoms with Crippen LogP contribution in [-0.2, 0) is 20.9 Å². The van der Waals surface area contributed by atoms with E-state index < -0.39 is 6.04 Å². The lowest BCUT2D eigenvalue weighted by Crippen LogP contribution is -2.40. The van der Waals surface area contributed by atoms with Crippen molar-refractivity contribution in [1.82, 2.24) is 9.88 Å². The summed E-state index contributed by atoms with van der Waals surface area (Å²) in [7, 11) is 0. The van der Waals surface area contributed by atoms with Crippen LogP contribution in [0, 0.1) is 0 Å². The van der Waals surface area contributed by atoms with Gasteiger partial charge >= 0.3 is 5.97 Å². The third-order valence-electron chi connectivity index (χ3n) is 3.88. The zero-order valence-corrected chi connectivity index (χ0v) is 13.9. The summed E-state index contributed by atoms with van der Waals surface area (Å²) in [6.07, 6.45) is 4.59. The van der Waals surface area contributed by atoms with Crippen LogP contribution in [0.1, 0.15) is 24.1 Å². The summed E-state index contributed by atoms with van der Waals surface area (Å²) in [5, 5.41) is 1.86. The molecule has 3 rings (SSSR count). The average molecular weight is 342 g/mol. The molecule has 1 aromatic carbocycles. The minimum atomic E-state index is -0.499. The third kappa shape index (κ3) is 4.08. The Morgan fingerprint density at radius 2 is 2.17 bits per heavy atom. The number of carbonyl (C=O) groups is 2. The Labute approximate surface area is 144 Å². The standard InChI is InChI=1S/C18H18N2O3S/c21-17(9-8-15-12-24-13-19-15)20-10-4-7-16(20)18(22)23-11-14-5-2-1-3-6-14/h1-3,5-6,8-9,12-13,16H,4,7,10-11H2. The van der Waals surface area contributed by atoms with Crippen LogP contribution in [0.2, 0.25) is 0 Å². The number of carbonyl (C=O) groups excluding carboxylic acids is 2. The highest BCUT2D eigenvalue weighted by atomic mass is 32.1. The fraction of sp³-hybridized carbons (Fsp3) is 0.278. The van der Waals surface area contributed by atoms with Crippen molar-refractivity contribution >= 4 is 29.3 Å². The molecule has 6 heteroatoms. The van der Waals surface area contributed by atoms with E-state index in [1.54, 1.807) is 16.5 Å². The molecule has 1 unspecified atom stereocenters. The van der Waals surface area contributed by atoms with Crippen LogP contribution in [0.25, 0.3) is 6.08 Å². The maximum atomic E-state index is 12.3. The normalized spacial score (nSPS) is 17.3. The predicted octanol–water partition coefficient (Wildman–Crippen LogP) is 2.89. The fourth-order valence-electron chi connectivity index (χ4n) is 2.66. The number of likely N-dealkylation sites (tertiary alicyclic amines) is 1. The van der Waals surface area contributed by atoms with Crippen molar-refractivity contribution < 1.29 is 14.3 Å². The van der Waals surface area contributed by atoms with Crippen molar-refractivity contribution in [2.24, 2.45) is 0 Å². The Kier molecular flexibility index (Phi) is 5.38. The van der Waals surface area contributed by atoms with Crippen LogP contribution >= 0.6 is 11.3 Å². The highest BCUT2D eigenvalue weighted by molar-refractivity contribution is 7.07. The lowest BCUT2D eigenvalue weighted by atomic mass is 10.2. The number of aromatic nitrogens is 1. The second-order valence-electron chi connectivity index (χ2n) is 5.53. The molecule has 24 heavy (non-hydrogen) atoms. The van der Waals surface area contributed by atoms with Gasteiger partial charge in [-0.3, -0.25) is 4.79 Å². The predicted molar refractivity (Wildman–Crippen MR) is 92.1 cm³/mol. The van der Waals surface area contributed by atoms with Gasteiger partial charge in [0.25, 0.3) is 0 Å². The van der Waals surface area contributed by atoms with Crippen molar-refractivity contribution in [2.75, 3.05) is 6.54 Å². The molecule has 1 atom stereocenters. The van der Waals surface area contributed by atoms with Crippen molar-refractivity contribution in [3.8, 4) is 0 Å². The van der Waals surface area contributed by atoms with Gasteiger partial charge in [0, 0.05) is 18.0 Å². The van der Waals surface area contributed by atoms with E-state index in [1.807, 2.05) is 35.7 Å². The monoisotopic (exact) mass is 342 g/mol. The van der Waals surface area contributed by atoms with Crippen molar-refractivity contribution in [1.29, 1.82) is 0 Å². The SMILES string of the molecule is O=C(OCc1ccccc1)C1CCCN1C(=O)C=Cc1cscn1. The molecule has 1 amide bonds. The zero-order valence-electron chi connectivity index (χ0n) is 13.1. The molecule has 1 aliphatic rings. The smallest absolute Gasteiger partial charge is 0.329 e. The number of esters is 1. The van der Waals surface area contributed by atoms with Gasteiger partial charge in [0.1, 0.15) is 12.6 Å². The van der Waals surface area contributed by atoms with E-state index >= 15 is 0 Å². The molecule has 5 nitrogen and oxygen atoms in total. The van der Waals surface area contributed by atoms with Gasteiger partial charge in [-0.1, -0.05) is 30.3 Å². The van der Waals surface area contributed by atoms with Gasteiger partial charge in [0.15, 0.2) is 0 Å². The maximum Gasteiger partial charge on any atom is 0.329 e. The Hall–Kier alpha value is -2.47. The summed E-state index contributed by atoms with van der Waals surface area (Å²) in [4.78, 5) is 30.3. The second-order valence-corrected chi connectivity index (χ2v) is 6.25. The van der Waals surface area contributed by atoms with E-state index in [0.717, 1.165) is 17.7 Å². The minimum Gasteiger partial charge on any atom is -0.459 e. The van der Waals surface area contributed by atoms with E-state index in [9.17, 15) is 9.59 Å². The van der Waals surface area contributed by atoms with Crippen molar-refractivity contribution in [3.05, 3.63) is 58.6 Å². The Morgan fingerprint density at radius 3 is 2.92 bits per heavy atom. The van der Waals surface area contributed by atoms with Gasteiger partial charge in [0.2, 0.25) is 5.91 Å². The Morgan fingerprint density at radius 1 is 1.33 bits per heavy atom. The van der Waals surface area contributed by atoms with E-state index in [1.165, 1.54) is 17.4 Å². The average Bonchev–Trinajstić information content (AvgIpc) is 3.30. The van der Waals surface area contributed by atoms with E-state index in [0.29, 0.717) is 13.0 Å². The molecule has 0 bridgehead atoms. The molecular weight excluding hydrogens is 324 g/mol. The Bertz CT molecular complexity index is 713. The van der Waals surface area contributed by atoms with Crippen LogP contribution in [0.3, 0.4) is 0 Å². The van der Waals surface area contributed by atoms with Crippen LogP contribution in [0.4, 0.5) is 0 Å². The zero-order chi connectivity index (χ0) is 16.8. The molecule has 0 aliphatic carbocycles. The van der Waals surface area contributed by atoms with Crippen LogP contribution in [0.5, 0.6) is 0 Å². The molecule has 0 saturated carbocycles. The number of ether oxygens (including phenoxy) is 1. The minimum absolute atomic E-state index is 0.179. The van der Waals surface area contributed by atoms with E-state index in [2.05, 4.69) is 4.98 Å². The van der Waals surface area contributed by atoms with E-state index in [-0.39, 0.29) is 18.5 Å². The first-order chi connectivity index (χ1) is 11.7. The van der Waals surface area contributed by atoms with Gasteiger partial charge in [0.05, 0.1) is 11.2 Å². The first-order valence-corrected chi connectivity index (χ1v) is 8.76. The summed E-state index contributed by atoms with van der Waals surface area (Å²) in [5.41, 5.74) is 3.39. The lowest BCUT2D eigenvalue weighted by molar-refractivity contribution is -0.153. The van der Waals surface area contributed by atoms with E-state index in [4.69, 9.17) is 4.74 Å². The maximum absolute atomic E-state index is 12.3. The molecule has 0 N–H and O–H groups in total. The van der Waals surface area contributed by atoms with Gasteiger partial charge in [-0.25, -0.2) is 9.78 Å². The first kappa shape index (κ1) is 16.4. The first-order valence-electron chi connectivity index (χ1n) is 7.81. The van der Waals surface area contributed by atoms with Gasteiger partial charge in [-0.2, -0.15) is 0 Å². The molecule has 0 spiro atoms. The van der Waals surface area contributed by atoms with Crippen LogP contribution in [0.15, 0.2) is 47.3 Å². The van der Waals surface area contributed by atoms with Crippen molar-refractivity contribution in [3.63, 3.8) is 0 Å². The fourth-order valence-corrected chi connectivity index (χ4v) is 3.18. The number of hydrogen-bond acceptors (Lipinski definition) is 5. The largest absolute Gasteiger partial charge is 0.459 e. The number of hydrogen-bond donors (Lipinski definition) is 0. The molecule has 2 heterocycles. The number of benzene rings is 1. The molecule has 1 aliphatic heterocycles. The second kappa shape index (κ2) is 7.88. The third-order valence-corrected chi connectivity index (χ3v) is 4.48. The van der Waals surface area contributed by atoms with Gasteiger partial charge < -0.3 is 9.64 Å². The van der Waals surface area contributed by atoms with Crippen molar-refractivity contribution in [2.45, 2.75) is 25.5 Å². The molecule has 1 aromatic heterocycles. The summed E-state index contributed by atoms with van der Waals surface area (Å²) in [6, 6.07) is 9.02. The lowest BCUT2D eigenvalue weighted by Gasteiger charge is -2.21. The number of amides is 1. The molecule has 0 radical (unpaired) electrons. The molecular formula is C18H18N2O3S. The number of rotatable bonds is 5. The highest BCUT2D eigenvalue weighted by Gasteiger charge is 2.34. The van der Waals surface area contributed by atoms with Gasteiger partial charge in [-0.15, -0.1) is 11.3 Å². The summed E-state index contributed by atoms with van der Waals surface area (Å²) in [5.74, 6) is -0.520. The number of thiazole rings is 1. The van der Waals surface area contributed by atoms with Crippen LogP contribution < -0.4 is 0 Å². The summed E-state index contributed by atoms with van der Waals surface area (Å²) in [6.45, 7) is 0.804. The highest BCUT2D eigenvalue weighted by Crippen LogP contribution is 2.20. The topological polar surface area (TPSA) is 59.5 Å². The Balaban J connectivity index is 1.58. The molecule has 1 saturated heterocycles. The molecule has 2 aromatic rings. The van der Waals surface area contributed by atoms with Crippen LogP contribution in [-0.4, -0.2) is 34.3 Å². The molecule has 1 fully saturated rings. The summed E-state index contributed by atoms with van der Waals surface area (Å²) >= 11 is 1.47.